The van der Waals surface area contributed by atoms with E-state index in [0.29, 0.717) is 12.8 Å². The van der Waals surface area contributed by atoms with Crippen molar-refractivity contribution in [1.29, 1.82) is 0 Å². The normalized spacial score (nSPS) is 12.8. The molecule has 1 unspecified atom stereocenters. The van der Waals surface area contributed by atoms with Crippen LogP contribution in [0.1, 0.15) is 25.3 Å². The molecule has 0 aliphatic heterocycles. The summed E-state index contributed by atoms with van der Waals surface area (Å²) in [6, 6.07) is 7.81. The first-order valence-electron chi connectivity index (χ1n) is 6.85. The molecule has 0 spiro atoms. The topological polar surface area (TPSA) is 62.2 Å². The highest BCUT2D eigenvalue weighted by Crippen LogP contribution is 2.22. The molecule has 1 aromatic heterocycles. The van der Waals surface area contributed by atoms with Crippen molar-refractivity contribution in [3.8, 4) is 0 Å². The number of aromatic nitrogens is 1. The van der Waals surface area contributed by atoms with Gasteiger partial charge in [0.1, 0.15) is 0 Å². The number of benzene rings is 1. The maximum absolute atomic E-state index is 11.9. The van der Waals surface area contributed by atoms with Crippen LogP contribution < -0.4 is 5.32 Å². The molecular formula is C15H20N2O2S. The third-order valence-corrected chi connectivity index (χ3v) is 4.35. The number of fused-ring (bicyclic) bond motifs is 1. The molecule has 0 aliphatic rings. The van der Waals surface area contributed by atoms with E-state index in [9.17, 15) is 9.90 Å². The number of aryl methyl sites for hydroxylation is 1. The number of rotatable bonds is 6. The van der Waals surface area contributed by atoms with Crippen molar-refractivity contribution in [2.75, 3.05) is 6.61 Å². The Balaban J connectivity index is 1.89. The number of hydrogen-bond acceptors (Lipinski definition) is 4. The Kier molecular flexibility index (Phi) is 5.09. The fourth-order valence-corrected chi connectivity index (χ4v) is 2.92. The van der Waals surface area contributed by atoms with Crippen LogP contribution in [-0.4, -0.2) is 28.6 Å². The molecule has 0 fully saturated rings. The number of nitrogens with zero attached hydrogens (tertiary/aromatic N) is 1. The highest BCUT2D eigenvalue weighted by molar-refractivity contribution is 7.18. The molecule has 2 aromatic rings. The van der Waals surface area contributed by atoms with E-state index in [1.807, 2.05) is 38.1 Å². The van der Waals surface area contributed by atoms with Crippen LogP contribution in [0.4, 0.5) is 0 Å². The summed E-state index contributed by atoms with van der Waals surface area (Å²) in [5.41, 5.74) is 0.989. The van der Waals surface area contributed by atoms with Crippen LogP contribution in [0.2, 0.25) is 0 Å². The molecule has 1 heterocycles. The smallest absolute Gasteiger partial charge is 0.220 e. The zero-order valence-corrected chi connectivity index (χ0v) is 12.6. The molecule has 20 heavy (non-hydrogen) atoms. The van der Waals surface area contributed by atoms with E-state index in [4.69, 9.17) is 0 Å². The fraction of sp³-hybridized carbons (Fsp3) is 0.467. The van der Waals surface area contributed by atoms with Crippen LogP contribution in [0.3, 0.4) is 0 Å². The second-order valence-corrected chi connectivity index (χ2v) is 6.29. The van der Waals surface area contributed by atoms with E-state index in [1.165, 1.54) is 0 Å². The minimum absolute atomic E-state index is 0.0233. The lowest BCUT2D eigenvalue weighted by molar-refractivity contribution is -0.122. The second kappa shape index (κ2) is 6.81. The standard InChI is InChI=1S/C15H20N2O2S/c1-10(2)12(9-18)16-14(19)7-8-15-17-11-5-3-4-6-13(11)20-15/h3-6,10,12,18H,7-9H2,1-2H3,(H,16,19). The number of para-hydroxylation sites is 1. The number of aliphatic hydroxyl groups excluding tert-OH is 1. The molecule has 1 amide bonds. The van der Waals surface area contributed by atoms with Gasteiger partial charge in [-0.15, -0.1) is 11.3 Å². The van der Waals surface area contributed by atoms with Crippen LogP contribution in [0.25, 0.3) is 10.2 Å². The van der Waals surface area contributed by atoms with Gasteiger partial charge < -0.3 is 10.4 Å². The Bertz CT molecular complexity index is 547. The first-order chi connectivity index (χ1) is 9.60. The Morgan fingerprint density at radius 1 is 1.40 bits per heavy atom. The van der Waals surface area contributed by atoms with Gasteiger partial charge in [0, 0.05) is 12.8 Å². The molecular weight excluding hydrogens is 272 g/mol. The summed E-state index contributed by atoms with van der Waals surface area (Å²) in [6.07, 6.45) is 1.05. The molecule has 2 N–H and O–H groups in total. The second-order valence-electron chi connectivity index (χ2n) is 5.18. The average molecular weight is 292 g/mol. The number of hydrogen-bond donors (Lipinski definition) is 2. The van der Waals surface area contributed by atoms with E-state index in [0.717, 1.165) is 15.2 Å². The van der Waals surface area contributed by atoms with Crippen molar-refractivity contribution in [2.45, 2.75) is 32.7 Å². The van der Waals surface area contributed by atoms with Crippen LogP contribution in [-0.2, 0) is 11.2 Å². The van der Waals surface area contributed by atoms with Gasteiger partial charge in [0.05, 0.1) is 27.9 Å². The lowest BCUT2D eigenvalue weighted by atomic mass is 10.1. The third-order valence-electron chi connectivity index (χ3n) is 3.25. The van der Waals surface area contributed by atoms with Crippen LogP contribution in [0.15, 0.2) is 24.3 Å². The first-order valence-corrected chi connectivity index (χ1v) is 7.66. The number of thiazole rings is 1. The molecule has 5 heteroatoms. The van der Waals surface area contributed by atoms with Crippen LogP contribution in [0.5, 0.6) is 0 Å². The monoisotopic (exact) mass is 292 g/mol. The zero-order chi connectivity index (χ0) is 14.5. The Morgan fingerprint density at radius 3 is 2.80 bits per heavy atom. The van der Waals surface area contributed by atoms with E-state index >= 15 is 0 Å². The number of amides is 1. The summed E-state index contributed by atoms with van der Waals surface area (Å²) >= 11 is 1.63. The van der Waals surface area contributed by atoms with Gasteiger partial charge >= 0.3 is 0 Å². The number of carbonyl (C=O) groups excluding carboxylic acids is 1. The molecule has 0 radical (unpaired) electrons. The van der Waals surface area contributed by atoms with Gasteiger partial charge in [-0.2, -0.15) is 0 Å². The van der Waals surface area contributed by atoms with Crippen molar-refractivity contribution in [3.05, 3.63) is 29.3 Å². The SMILES string of the molecule is CC(C)C(CO)NC(=O)CCc1nc2ccccc2s1. The third kappa shape index (κ3) is 3.77. The largest absolute Gasteiger partial charge is 0.394 e. The molecule has 0 bridgehead atoms. The molecule has 1 aromatic carbocycles. The van der Waals surface area contributed by atoms with E-state index in [2.05, 4.69) is 10.3 Å². The van der Waals surface area contributed by atoms with Crippen molar-refractivity contribution in [3.63, 3.8) is 0 Å². The van der Waals surface area contributed by atoms with E-state index < -0.39 is 0 Å². The summed E-state index contributed by atoms with van der Waals surface area (Å²) in [5.74, 6) is 0.198. The van der Waals surface area contributed by atoms with Gasteiger partial charge in [-0.25, -0.2) is 4.98 Å². The molecule has 0 saturated carbocycles. The predicted molar refractivity (Wildman–Crippen MR) is 81.8 cm³/mol. The number of carbonyl (C=O) groups is 1. The number of aliphatic hydroxyl groups is 1. The van der Waals surface area contributed by atoms with Gasteiger partial charge in [0.25, 0.3) is 0 Å². The quantitative estimate of drug-likeness (QED) is 0.859. The van der Waals surface area contributed by atoms with Gasteiger partial charge in [-0.1, -0.05) is 26.0 Å². The van der Waals surface area contributed by atoms with Crippen molar-refractivity contribution >= 4 is 27.5 Å². The lowest BCUT2D eigenvalue weighted by Gasteiger charge is -2.19. The summed E-state index contributed by atoms with van der Waals surface area (Å²) in [4.78, 5) is 16.4. The van der Waals surface area contributed by atoms with Crippen molar-refractivity contribution in [2.24, 2.45) is 5.92 Å². The summed E-state index contributed by atoms with van der Waals surface area (Å²) in [5, 5.41) is 13.0. The fourth-order valence-electron chi connectivity index (χ4n) is 1.95. The molecule has 0 aliphatic carbocycles. The predicted octanol–water partition coefficient (Wildman–Crippen LogP) is 2.36. The highest BCUT2D eigenvalue weighted by Gasteiger charge is 2.15. The summed E-state index contributed by atoms with van der Waals surface area (Å²) < 4.78 is 1.15. The Hall–Kier alpha value is -1.46. The molecule has 0 saturated heterocycles. The minimum Gasteiger partial charge on any atom is -0.394 e. The first kappa shape index (κ1) is 14.9. The average Bonchev–Trinajstić information content (AvgIpc) is 2.85. The van der Waals surface area contributed by atoms with Crippen LogP contribution >= 0.6 is 11.3 Å². The van der Waals surface area contributed by atoms with Gasteiger partial charge in [0.15, 0.2) is 0 Å². The summed E-state index contributed by atoms with van der Waals surface area (Å²) in [7, 11) is 0. The Morgan fingerprint density at radius 2 is 2.15 bits per heavy atom. The van der Waals surface area contributed by atoms with Gasteiger partial charge in [0.2, 0.25) is 5.91 Å². The van der Waals surface area contributed by atoms with Crippen molar-refractivity contribution < 1.29 is 9.90 Å². The van der Waals surface area contributed by atoms with Gasteiger partial charge in [-0.05, 0) is 18.1 Å². The lowest BCUT2D eigenvalue weighted by Crippen LogP contribution is -2.41. The minimum atomic E-state index is -0.169. The summed E-state index contributed by atoms with van der Waals surface area (Å²) in [6.45, 7) is 3.94. The van der Waals surface area contributed by atoms with Crippen molar-refractivity contribution in [1.82, 2.24) is 10.3 Å². The van der Waals surface area contributed by atoms with E-state index in [-0.39, 0.29) is 24.5 Å². The van der Waals surface area contributed by atoms with Gasteiger partial charge in [-0.3, -0.25) is 4.79 Å². The maximum Gasteiger partial charge on any atom is 0.220 e. The molecule has 1 atom stereocenters. The molecule has 2 rings (SSSR count). The molecule has 4 nitrogen and oxygen atoms in total. The Labute approximate surface area is 122 Å². The number of nitrogens with one attached hydrogen (secondary N) is 1. The maximum atomic E-state index is 11.9. The van der Waals surface area contributed by atoms with E-state index in [1.54, 1.807) is 11.3 Å². The highest BCUT2D eigenvalue weighted by atomic mass is 32.1. The molecule has 108 valence electrons. The zero-order valence-electron chi connectivity index (χ0n) is 11.8. The van der Waals surface area contributed by atoms with Crippen LogP contribution in [0, 0.1) is 5.92 Å².